The summed E-state index contributed by atoms with van der Waals surface area (Å²) in [5.74, 6) is 1.36. The van der Waals surface area contributed by atoms with Gasteiger partial charge in [-0.2, -0.15) is 0 Å². The van der Waals surface area contributed by atoms with E-state index in [1.807, 2.05) is 24.3 Å². The molecule has 4 rings (SSSR count). The molecule has 0 atom stereocenters. The Labute approximate surface area is 219 Å². The molecule has 0 aliphatic carbocycles. The summed E-state index contributed by atoms with van der Waals surface area (Å²) in [6.07, 6.45) is 6.09. The van der Waals surface area contributed by atoms with Crippen LogP contribution in [0.15, 0.2) is 67.0 Å². The highest BCUT2D eigenvalue weighted by atomic mass is 35.5. The third kappa shape index (κ3) is 7.10. The van der Waals surface area contributed by atoms with Crippen LogP contribution in [-0.2, 0) is 0 Å². The summed E-state index contributed by atoms with van der Waals surface area (Å²) in [6, 6.07) is 9.14. The van der Waals surface area contributed by atoms with Gasteiger partial charge >= 0.3 is 0 Å². The van der Waals surface area contributed by atoms with E-state index >= 15 is 0 Å². The van der Waals surface area contributed by atoms with Gasteiger partial charge in [0.25, 0.3) is 5.91 Å². The maximum Gasteiger partial charge on any atom is 0.265 e. The van der Waals surface area contributed by atoms with E-state index in [-0.39, 0.29) is 5.91 Å². The number of thiophene rings is 1. The number of aromatic nitrogens is 1. The van der Waals surface area contributed by atoms with Crippen molar-refractivity contribution in [3.05, 3.63) is 76.9 Å². The van der Waals surface area contributed by atoms with E-state index in [2.05, 4.69) is 40.6 Å². The van der Waals surface area contributed by atoms with Crippen molar-refractivity contribution in [2.24, 2.45) is 5.92 Å². The van der Waals surface area contributed by atoms with Gasteiger partial charge in [-0.3, -0.25) is 4.79 Å². The van der Waals surface area contributed by atoms with Gasteiger partial charge in [-0.05, 0) is 61.2 Å². The predicted molar refractivity (Wildman–Crippen MR) is 148 cm³/mol. The summed E-state index contributed by atoms with van der Waals surface area (Å²) in [6.45, 7) is 13.6. The SMILES string of the molecule is C=C(/C=C\C(=C)N1CCC(C)CC1)NC(=O)c1cc2sc(NCCOc3ccc(Cl)cc3)nc2s1. The van der Waals surface area contributed by atoms with Crippen LogP contribution >= 0.6 is 34.3 Å². The Morgan fingerprint density at radius 1 is 1.23 bits per heavy atom. The zero-order valence-corrected chi connectivity index (χ0v) is 22.1. The van der Waals surface area contributed by atoms with E-state index in [0.29, 0.717) is 28.7 Å². The second-order valence-electron chi connectivity index (χ2n) is 8.50. The molecule has 0 unspecified atom stereocenters. The van der Waals surface area contributed by atoms with Gasteiger partial charge in [0.15, 0.2) is 5.13 Å². The Hall–Kier alpha value is -2.81. The van der Waals surface area contributed by atoms with Gasteiger partial charge in [0.05, 0.1) is 16.1 Å². The maximum absolute atomic E-state index is 12.7. The average molecular weight is 529 g/mol. The topological polar surface area (TPSA) is 66.5 Å². The van der Waals surface area contributed by atoms with Crippen molar-refractivity contribution >= 4 is 54.8 Å². The van der Waals surface area contributed by atoms with E-state index in [0.717, 1.165) is 45.1 Å². The smallest absolute Gasteiger partial charge is 0.265 e. The Morgan fingerprint density at radius 3 is 2.69 bits per heavy atom. The minimum absolute atomic E-state index is 0.182. The number of amides is 1. The number of carbonyl (C=O) groups is 1. The zero-order chi connectivity index (χ0) is 24.8. The van der Waals surface area contributed by atoms with E-state index < -0.39 is 0 Å². The van der Waals surface area contributed by atoms with Crippen LogP contribution in [0, 0.1) is 5.92 Å². The van der Waals surface area contributed by atoms with Crippen molar-refractivity contribution < 1.29 is 9.53 Å². The van der Waals surface area contributed by atoms with Crippen LogP contribution < -0.4 is 15.4 Å². The number of rotatable bonds is 10. The van der Waals surface area contributed by atoms with Crippen molar-refractivity contribution in [2.45, 2.75) is 19.8 Å². The molecule has 184 valence electrons. The molecule has 9 heteroatoms. The van der Waals surface area contributed by atoms with Gasteiger partial charge in [-0.1, -0.05) is 43.0 Å². The van der Waals surface area contributed by atoms with Crippen molar-refractivity contribution in [3.8, 4) is 5.75 Å². The van der Waals surface area contributed by atoms with Crippen LogP contribution in [0.1, 0.15) is 29.4 Å². The highest BCUT2D eigenvalue weighted by Gasteiger charge is 2.16. The third-order valence-electron chi connectivity index (χ3n) is 5.71. The standard InChI is InChI=1S/C26H29ClN4O2S2/c1-17-10-13-31(14-11-17)19(3)5-4-18(2)29-24(32)22-16-23-25(34-22)30-26(35-23)28-12-15-33-21-8-6-20(27)7-9-21/h4-9,16-17H,2-3,10-15H2,1H3,(H,28,30)(H,29,32)/b5-4-. The number of carbonyl (C=O) groups excluding carboxylic acids is 1. The molecule has 1 amide bonds. The van der Waals surface area contributed by atoms with Gasteiger partial charge in [-0.15, -0.1) is 11.3 Å². The monoisotopic (exact) mass is 528 g/mol. The molecule has 1 fully saturated rings. The molecule has 2 aromatic heterocycles. The van der Waals surface area contributed by atoms with E-state index in [9.17, 15) is 4.79 Å². The number of ether oxygens (including phenoxy) is 1. The number of halogens is 1. The van der Waals surface area contributed by atoms with Gasteiger partial charge in [0.1, 0.15) is 17.2 Å². The number of allylic oxidation sites excluding steroid dienone is 2. The molecule has 6 nitrogen and oxygen atoms in total. The Balaban J connectivity index is 1.23. The fraction of sp³-hybridized carbons (Fsp3) is 0.308. The summed E-state index contributed by atoms with van der Waals surface area (Å²) in [5, 5.41) is 7.60. The van der Waals surface area contributed by atoms with Gasteiger partial charge in [0, 0.05) is 29.5 Å². The number of piperidine rings is 1. The van der Waals surface area contributed by atoms with Gasteiger partial charge < -0.3 is 20.3 Å². The quantitative estimate of drug-likeness (QED) is 0.231. The second-order valence-corrected chi connectivity index (χ2v) is 11.0. The number of benzene rings is 1. The summed E-state index contributed by atoms with van der Waals surface area (Å²) >= 11 is 8.76. The normalized spacial score (nSPS) is 14.4. The number of thiazole rings is 1. The molecule has 1 aliphatic heterocycles. The summed E-state index contributed by atoms with van der Waals surface area (Å²) < 4.78 is 6.65. The lowest BCUT2D eigenvalue weighted by Gasteiger charge is -2.32. The molecule has 1 saturated heterocycles. The first-order valence-electron chi connectivity index (χ1n) is 11.5. The molecule has 1 aliphatic rings. The Kier molecular flexibility index (Phi) is 8.49. The van der Waals surface area contributed by atoms with Crippen LogP contribution in [0.25, 0.3) is 9.53 Å². The average Bonchev–Trinajstić information content (AvgIpc) is 3.41. The van der Waals surface area contributed by atoms with Crippen molar-refractivity contribution in [1.82, 2.24) is 15.2 Å². The Bertz CT molecular complexity index is 1190. The molecule has 2 N–H and O–H groups in total. The van der Waals surface area contributed by atoms with Crippen molar-refractivity contribution in [1.29, 1.82) is 0 Å². The molecule has 3 heterocycles. The molecule has 3 aromatic rings. The highest BCUT2D eigenvalue weighted by Crippen LogP contribution is 2.33. The minimum atomic E-state index is -0.182. The van der Waals surface area contributed by atoms with Crippen LogP contribution in [0.3, 0.4) is 0 Å². The number of hydrogen-bond donors (Lipinski definition) is 2. The summed E-state index contributed by atoms with van der Waals surface area (Å²) in [4.78, 5) is 21.0. The largest absolute Gasteiger partial charge is 0.492 e. The second kappa shape index (κ2) is 11.7. The lowest BCUT2D eigenvalue weighted by molar-refractivity contribution is 0.0971. The summed E-state index contributed by atoms with van der Waals surface area (Å²) in [7, 11) is 0. The van der Waals surface area contributed by atoms with E-state index in [4.69, 9.17) is 16.3 Å². The first-order valence-corrected chi connectivity index (χ1v) is 13.5. The molecule has 1 aromatic carbocycles. The Morgan fingerprint density at radius 2 is 1.97 bits per heavy atom. The zero-order valence-electron chi connectivity index (χ0n) is 19.7. The molecule has 0 radical (unpaired) electrons. The third-order valence-corrected chi connectivity index (χ3v) is 8.08. The lowest BCUT2D eigenvalue weighted by Crippen LogP contribution is -2.31. The fourth-order valence-electron chi connectivity index (χ4n) is 3.63. The molecule has 0 saturated carbocycles. The summed E-state index contributed by atoms with van der Waals surface area (Å²) in [5.41, 5.74) is 1.49. The van der Waals surface area contributed by atoms with Crippen LogP contribution in [0.4, 0.5) is 5.13 Å². The van der Waals surface area contributed by atoms with Gasteiger partial charge in [-0.25, -0.2) is 4.98 Å². The number of likely N-dealkylation sites (tertiary alicyclic amines) is 1. The maximum atomic E-state index is 12.7. The van der Waals surface area contributed by atoms with E-state index in [1.165, 1.54) is 35.5 Å². The number of nitrogens with zero attached hydrogens (tertiary/aromatic N) is 2. The van der Waals surface area contributed by atoms with Crippen LogP contribution in [0.5, 0.6) is 5.75 Å². The molecule has 0 spiro atoms. The molecule has 0 bridgehead atoms. The van der Waals surface area contributed by atoms with Gasteiger partial charge in [0.2, 0.25) is 0 Å². The first-order chi connectivity index (χ1) is 16.9. The molecular weight excluding hydrogens is 500 g/mol. The minimum Gasteiger partial charge on any atom is -0.492 e. The number of fused-ring (bicyclic) bond motifs is 1. The van der Waals surface area contributed by atoms with Crippen LogP contribution in [-0.4, -0.2) is 42.0 Å². The number of anilines is 1. The highest BCUT2D eigenvalue weighted by molar-refractivity contribution is 7.29. The first kappa shape index (κ1) is 25.3. The fourth-order valence-corrected chi connectivity index (χ4v) is 5.79. The molecule has 35 heavy (non-hydrogen) atoms. The van der Waals surface area contributed by atoms with Crippen molar-refractivity contribution in [2.75, 3.05) is 31.6 Å². The number of hydrogen-bond acceptors (Lipinski definition) is 7. The van der Waals surface area contributed by atoms with Crippen LogP contribution in [0.2, 0.25) is 5.02 Å². The van der Waals surface area contributed by atoms with Crippen molar-refractivity contribution in [3.63, 3.8) is 0 Å². The van der Waals surface area contributed by atoms with E-state index in [1.54, 1.807) is 18.2 Å². The lowest BCUT2D eigenvalue weighted by atomic mass is 9.99. The predicted octanol–water partition coefficient (Wildman–Crippen LogP) is 6.55. The number of nitrogens with one attached hydrogen (secondary N) is 2. The molecular formula is C26H29ClN4O2S2.